The summed E-state index contributed by atoms with van der Waals surface area (Å²) in [6, 6.07) is 10.8. The van der Waals surface area contributed by atoms with Crippen LogP contribution in [0.15, 0.2) is 36.4 Å². The first kappa shape index (κ1) is 16.3. The van der Waals surface area contributed by atoms with E-state index in [0.29, 0.717) is 35.2 Å². The lowest BCUT2D eigenvalue weighted by Gasteiger charge is -2.20. The van der Waals surface area contributed by atoms with E-state index >= 15 is 0 Å². The van der Waals surface area contributed by atoms with Gasteiger partial charge < -0.3 is 14.2 Å². The summed E-state index contributed by atoms with van der Waals surface area (Å²) in [5.41, 5.74) is 2.56. The van der Waals surface area contributed by atoms with Gasteiger partial charge in [0, 0.05) is 23.3 Å². The monoisotopic (exact) mass is 329 g/mol. The maximum atomic E-state index is 11.1. The molecule has 0 spiro atoms. The van der Waals surface area contributed by atoms with Crippen molar-refractivity contribution in [2.45, 2.75) is 33.0 Å². The third-order valence-corrected chi connectivity index (χ3v) is 3.92. The molecule has 6 heteroatoms. The summed E-state index contributed by atoms with van der Waals surface area (Å²) < 4.78 is 16.5. The summed E-state index contributed by atoms with van der Waals surface area (Å²) in [5, 5.41) is 11.1. The van der Waals surface area contributed by atoms with Gasteiger partial charge in [0.25, 0.3) is 5.69 Å². The standard InChI is InChI=1S/C18H19NO5/c1-12(2)13-3-5-17(6-4-13)23-10-15-8-16(19(20)21)7-14-9-22-11-24-18(14)15/h3-8,12H,9-11H2,1-2H3. The second-order valence-corrected chi connectivity index (χ2v) is 5.97. The lowest BCUT2D eigenvalue weighted by atomic mass is 10.0. The van der Waals surface area contributed by atoms with E-state index < -0.39 is 4.92 Å². The summed E-state index contributed by atoms with van der Waals surface area (Å²) in [6.07, 6.45) is 0. The van der Waals surface area contributed by atoms with Crippen molar-refractivity contribution in [2.24, 2.45) is 0 Å². The highest BCUT2D eigenvalue weighted by Gasteiger charge is 2.21. The van der Waals surface area contributed by atoms with Crippen molar-refractivity contribution in [3.8, 4) is 11.5 Å². The van der Waals surface area contributed by atoms with Crippen molar-refractivity contribution in [3.63, 3.8) is 0 Å². The number of hydrogen-bond donors (Lipinski definition) is 0. The Hall–Kier alpha value is -2.60. The average molecular weight is 329 g/mol. The number of nitrogens with zero attached hydrogens (tertiary/aromatic N) is 1. The molecule has 0 amide bonds. The predicted molar refractivity (Wildman–Crippen MR) is 88.2 cm³/mol. The highest BCUT2D eigenvalue weighted by atomic mass is 16.7. The van der Waals surface area contributed by atoms with Gasteiger partial charge in [-0.1, -0.05) is 26.0 Å². The molecule has 0 aliphatic carbocycles. The van der Waals surface area contributed by atoms with E-state index in [4.69, 9.17) is 14.2 Å². The van der Waals surface area contributed by atoms with Gasteiger partial charge in [-0.3, -0.25) is 10.1 Å². The Morgan fingerprint density at radius 1 is 1.25 bits per heavy atom. The van der Waals surface area contributed by atoms with E-state index in [0.717, 1.165) is 0 Å². The van der Waals surface area contributed by atoms with Crippen LogP contribution in [0.1, 0.15) is 36.5 Å². The molecular formula is C18H19NO5. The lowest BCUT2D eigenvalue weighted by molar-refractivity contribution is -0.385. The third kappa shape index (κ3) is 3.49. The number of rotatable bonds is 5. The Morgan fingerprint density at radius 2 is 2.00 bits per heavy atom. The van der Waals surface area contributed by atoms with E-state index in [1.165, 1.54) is 17.7 Å². The largest absolute Gasteiger partial charge is 0.489 e. The number of ether oxygens (including phenoxy) is 3. The van der Waals surface area contributed by atoms with Gasteiger partial charge in [-0.2, -0.15) is 0 Å². The van der Waals surface area contributed by atoms with Gasteiger partial charge in [0.1, 0.15) is 18.1 Å². The molecule has 0 aromatic heterocycles. The van der Waals surface area contributed by atoms with Crippen LogP contribution >= 0.6 is 0 Å². The second-order valence-electron chi connectivity index (χ2n) is 5.97. The first-order valence-electron chi connectivity index (χ1n) is 7.78. The fraction of sp³-hybridized carbons (Fsp3) is 0.333. The van der Waals surface area contributed by atoms with Crippen LogP contribution in [-0.2, 0) is 18.0 Å². The van der Waals surface area contributed by atoms with Crippen LogP contribution < -0.4 is 9.47 Å². The zero-order valence-electron chi connectivity index (χ0n) is 13.7. The van der Waals surface area contributed by atoms with Crippen molar-refractivity contribution in [2.75, 3.05) is 6.79 Å². The second kappa shape index (κ2) is 6.88. The number of fused-ring (bicyclic) bond motifs is 1. The van der Waals surface area contributed by atoms with E-state index in [1.807, 2.05) is 24.3 Å². The van der Waals surface area contributed by atoms with Gasteiger partial charge in [-0.05, 0) is 23.6 Å². The minimum Gasteiger partial charge on any atom is -0.489 e. The number of hydrogen-bond acceptors (Lipinski definition) is 5. The molecule has 1 aliphatic rings. The Labute approximate surface area is 140 Å². The van der Waals surface area contributed by atoms with Crippen LogP contribution in [-0.4, -0.2) is 11.7 Å². The maximum absolute atomic E-state index is 11.1. The molecule has 0 saturated heterocycles. The molecule has 0 fully saturated rings. The quantitative estimate of drug-likeness (QED) is 0.608. The van der Waals surface area contributed by atoms with Crippen molar-refractivity contribution < 1.29 is 19.1 Å². The average Bonchev–Trinajstić information content (AvgIpc) is 2.59. The van der Waals surface area contributed by atoms with Gasteiger partial charge in [0.15, 0.2) is 6.79 Å². The summed E-state index contributed by atoms with van der Waals surface area (Å²) in [6.45, 7) is 4.90. The summed E-state index contributed by atoms with van der Waals surface area (Å²) in [7, 11) is 0. The molecule has 0 atom stereocenters. The Morgan fingerprint density at radius 3 is 2.67 bits per heavy atom. The maximum Gasteiger partial charge on any atom is 0.270 e. The number of non-ortho nitro benzene ring substituents is 1. The Kier molecular flexibility index (Phi) is 4.66. The number of nitro groups is 1. The molecule has 1 aliphatic heterocycles. The zero-order valence-corrected chi connectivity index (χ0v) is 13.7. The molecule has 0 unspecified atom stereocenters. The molecule has 0 radical (unpaired) electrons. The van der Waals surface area contributed by atoms with Crippen LogP contribution in [0, 0.1) is 10.1 Å². The van der Waals surface area contributed by atoms with Crippen LogP contribution in [0.2, 0.25) is 0 Å². The molecule has 6 nitrogen and oxygen atoms in total. The van der Waals surface area contributed by atoms with Crippen molar-refractivity contribution >= 4 is 5.69 Å². The van der Waals surface area contributed by atoms with Gasteiger partial charge in [0.2, 0.25) is 0 Å². The van der Waals surface area contributed by atoms with Crippen LogP contribution in [0.25, 0.3) is 0 Å². The smallest absolute Gasteiger partial charge is 0.270 e. The molecule has 0 bridgehead atoms. The van der Waals surface area contributed by atoms with Crippen molar-refractivity contribution in [3.05, 3.63) is 63.2 Å². The van der Waals surface area contributed by atoms with E-state index in [2.05, 4.69) is 13.8 Å². The van der Waals surface area contributed by atoms with E-state index in [1.54, 1.807) is 0 Å². The summed E-state index contributed by atoms with van der Waals surface area (Å²) in [5.74, 6) is 1.79. The fourth-order valence-electron chi connectivity index (χ4n) is 2.60. The van der Waals surface area contributed by atoms with E-state index in [9.17, 15) is 10.1 Å². The Bertz CT molecular complexity index is 740. The zero-order chi connectivity index (χ0) is 17.1. The molecule has 2 aromatic rings. The highest BCUT2D eigenvalue weighted by Crippen LogP contribution is 2.33. The highest BCUT2D eigenvalue weighted by molar-refractivity contribution is 5.50. The molecule has 3 rings (SSSR count). The third-order valence-electron chi connectivity index (χ3n) is 3.92. The van der Waals surface area contributed by atoms with E-state index in [-0.39, 0.29) is 19.1 Å². The summed E-state index contributed by atoms with van der Waals surface area (Å²) >= 11 is 0. The molecular weight excluding hydrogens is 310 g/mol. The van der Waals surface area contributed by atoms with Crippen molar-refractivity contribution in [1.82, 2.24) is 0 Å². The Balaban J connectivity index is 1.81. The normalized spacial score (nSPS) is 13.3. The van der Waals surface area contributed by atoms with Gasteiger partial charge >= 0.3 is 0 Å². The van der Waals surface area contributed by atoms with Crippen LogP contribution in [0.3, 0.4) is 0 Å². The minimum atomic E-state index is -0.421. The predicted octanol–water partition coefficient (Wildman–Crippen LogP) is 4.16. The lowest BCUT2D eigenvalue weighted by Crippen LogP contribution is -2.14. The summed E-state index contributed by atoms with van der Waals surface area (Å²) in [4.78, 5) is 10.7. The first-order valence-corrected chi connectivity index (χ1v) is 7.78. The fourth-order valence-corrected chi connectivity index (χ4v) is 2.60. The molecule has 1 heterocycles. The molecule has 2 aromatic carbocycles. The molecule has 0 saturated carbocycles. The van der Waals surface area contributed by atoms with Crippen LogP contribution in [0.5, 0.6) is 11.5 Å². The minimum absolute atomic E-state index is 0.0107. The first-order chi connectivity index (χ1) is 11.5. The molecule has 126 valence electrons. The topological polar surface area (TPSA) is 70.8 Å². The number of nitro benzene ring substituents is 1. The van der Waals surface area contributed by atoms with Gasteiger partial charge in [-0.15, -0.1) is 0 Å². The van der Waals surface area contributed by atoms with Gasteiger partial charge in [0.05, 0.1) is 11.5 Å². The SMILES string of the molecule is CC(C)c1ccc(OCc2cc([N+](=O)[O-])cc3c2OCOC3)cc1. The number of benzene rings is 2. The van der Waals surface area contributed by atoms with Gasteiger partial charge in [-0.25, -0.2) is 0 Å². The molecule has 0 N–H and O–H groups in total. The molecule has 24 heavy (non-hydrogen) atoms. The van der Waals surface area contributed by atoms with Crippen LogP contribution in [0.4, 0.5) is 5.69 Å². The van der Waals surface area contributed by atoms with Crippen molar-refractivity contribution in [1.29, 1.82) is 0 Å².